The second-order valence-electron chi connectivity index (χ2n) is 4.34. The van der Waals surface area contributed by atoms with Gasteiger partial charge in [-0.2, -0.15) is 0 Å². The molecule has 5 heteroatoms. The molecule has 0 fully saturated rings. The van der Waals surface area contributed by atoms with Crippen LogP contribution in [0.2, 0.25) is 10.0 Å². The van der Waals surface area contributed by atoms with E-state index >= 15 is 0 Å². The second-order valence-corrected chi connectivity index (χ2v) is 5.15. The quantitative estimate of drug-likeness (QED) is 0.936. The third-order valence-electron chi connectivity index (χ3n) is 2.87. The van der Waals surface area contributed by atoms with Gasteiger partial charge in [-0.15, -0.1) is 0 Å². The number of halogens is 3. The Morgan fingerprint density at radius 1 is 1.16 bits per heavy atom. The minimum atomic E-state index is -0.330. The second kappa shape index (κ2) is 6.33. The van der Waals surface area contributed by atoms with Crippen molar-refractivity contribution in [3.8, 4) is 0 Å². The van der Waals surface area contributed by atoms with Crippen LogP contribution in [0.15, 0.2) is 36.7 Å². The summed E-state index contributed by atoms with van der Waals surface area (Å²) in [7, 11) is 0. The van der Waals surface area contributed by atoms with E-state index in [1.165, 1.54) is 6.07 Å². The molecule has 2 N–H and O–H groups in total. The summed E-state index contributed by atoms with van der Waals surface area (Å²) < 4.78 is 13.7. The molecule has 0 aliphatic heterocycles. The molecule has 1 heterocycles. The van der Waals surface area contributed by atoms with Crippen molar-refractivity contribution in [2.45, 2.75) is 18.9 Å². The fourth-order valence-electron chi connectivity index (χ4n) is 1.91. The van der Waals surface area contributed by atoms with Crippen LogP contribution in [0.5, 0.6) is 0 Å². The van der Waals surface area contributed by atoms with Gasteiger partial charge in [-0.25, -0.2) is 4.39 Å². The summed E-state index contributed by atoms with van der Waals surface area (Å²) in [5, 5.41) is 0.967. The van der Waals surface area contributed by atoms with Crippen molar-refractivity contribution in [1.82, 2.24) is 4.98 Å². The Hall–Kier alpha value is -1.16. The van der Waals surface area contributed by atoms with Crippen molar-refractivity contribution in [3.63, 3.8) is 0 Å². The normalized spacial score (nSPS) is 12.4. The maximum Gasteiger partial charge on any atom is 0.127 e. The van der Waals surface area contributed by atoms with Gasteiger partial charge in [-0.05, 0) is 36.6 Å². The first-order valence-electron chi connectivity index (χ1n) is 5.84. The van der Waals surface area contributed by atoms with E-state index in [2.05, 4.69) is 4.98 Å². The van der Waals surface area contributed by atoms with Crippen molar-refractivity contribution in [2.75, 3.05) is 0 Å². The monoisotopic (exact) mass is 298 g/mol. The van der Waals surface area contributed by atoms with Crippen molar-refractivity contribution in [1.29, 1.82) is 0 Å². The molecule has 0 spiro atoms. The number of nitrogens with zero attached hydrogens (tertiary/aromatic N) is 1. The van der Waals surface area contributed by atoms with Gasteiger partial charge < -0.3 is 5.73 Å². The van der Waals surface area contributed by atoms with Gasteiger partial charge >= 0.3 is 0 Å². The molecule has 0 saturated heterocycles. The molecule has 2 nitrogen and oxygen atoms in total. The zero-order valence-electron chi connectivity index (χ0n) is 10.1. The van der Waals surface area contributed by atoms with Crippen LogP contribution < -0.4 is 5.73 Å². The summed E-state index contributed by atoms with van der Waals surface area (Å²) in [6.07, 6.45) is 4.14. The standard InChI is InChI=1S/C14H13Cl2FN2/c15-12-2-1-3-14(17)11(12)7-10(18)6-9-4-5-19-8-13(9)16/h1-5,8,10H,6-7,18H2. The van der Waals surface area contributed by atoms with Gasteiger partial charge in [-0.3, -0.25) is 4.98 Å². The van der Waals surface area contributed by atoms with Crippen LogP contribution in [0.25, 0.3) is 0 Å². The van der Waals surface area contributed by atoms with Gasteiger partial charge in [0.05, 0.1) is 5.02 Å². The first kappa shape index (κ1) is 14.3. The molecule has 2 aromatic rings. The van der Waals surface area contributed by atoms with Crippen LogP contribution in [0, 0.1) is 5.82 Å². The molecule has 1 unspecified atom stereocenters. The molecule has 2 rings (SSSR count). The molecule has 1 aromatic carbocycles. The van der Waals surface area contributed by atoms with Crippen molar-refractivity contribution >= 4 is 23.2 Å². The number of hydrogen-bond donors (Lipinski definition) is 1. The van der Waals surface area contributed by atoms with Gasteiger partial charge in [0.2, 0.25) is 0 Å². The van der Waals surface area contributed by atoms with Gasteiger partial charge in [0.25, 0.3) is 0 Å². The summed E-state index contributed by atoms with van der Waals surface area (Å²) in [5.41, 5.74) is 7.39. The summed E-state index contributed by atoms with van der Waals surface area (Å²) in [6, 6.07) is 6.17. The molecule has 0 radical (unpaired) electrons. The number of pyridine rings is 1. The third kappa shape index (κ3) is 3.66. The van der Waals surface area contributed by atoms with E-state index in [0.29, 0.717) is 28.5 Å². The lowest BCUT2D eigenvalue weighted by molar-refractivity contribution is 0.584. The van der Waals surface area contributed by atoms with Crippen molar-refractivity contribution in [3.05, 3.63) is 63.6 Å². The van der Waals surface area contributed by atoms with E-state index in [4.69, 9.17) is 28.9 Å². The van der Waals surface area contributed by atoms with E-state index in [1.54, 1.807) is 24.5 Å². The van der Waals surface area contributed by atoms with Crippen LogP contribution in [0.3, 0.4) is 0 Å². The van der Waals surface area contributed by atoms with E-state index in [-0.39, 0.29) is 11.9 Å². The van der Waals surface area contributed by atoms with Crippen molar-refractivity contribution in [2.24, 2.45) is 5.73 Å². The summed E-state index contributed by atoms with van der Waals surface area (Å²) in [5.74, 6) is -0.330. The highest BCUT2D eigenvalue weighted by atomic mass is 35.5. The lowest BCUT2D eigenvalue weighted by Crippen LogP contribution is -2.26. The topological polar surface area (TPSA) is 38.9 Å². The van der Waals surface area contributed by atoms with Gasteiger partial charge in [0, 0.05) is 29.0 Å². The number of rotatable bonds is 4. The maximum atomic E-state index is 13.7. The summed E-state index contributed by atoms with van der Waals surface area (Å²) in [6.45, 7) is 0. The zero-order valence-corrected chi connectivity index (χ0v) is 11.6. The highest BCUT2D eigenvalue weighted by molar-refractivity contribution is 6.31. The van der Waals surface area contributed by atoms with Crippen LogP contribution in [0.1, 0.15) is 11.1 Å². The van der Waals surface area contributed by atoms with E-state index in [0.717, 1.165) is 5.56 Å². The average molecular weight is 299 g/mol. The molecule has 0 aliphatic rings. The van der Waals surface area contributed by atoms with Crippen LogP contribution >= 0.6 is 23.2 Å². The van der Waals surface area contributed by atoms with Gasteiger partial charge in [0.1, 0.15) is 5.82 Å². The fraction of sp³-hybridized carbons (Fsp3) is 0.214. The Kier molecular flexibility index (Phi) is 4.75. The third-order valence-corrected chi connectivity index (χ3v) is 3.56. The van der Waals surface area contributed by atoms with Crippen LogP contribution in [0.4, 0.5) is 4.39 Å². The van der Waals surface area contributed by atoms with E-state index < -0.39 is 0 Å². The zero-order chi connectivity index (χ0) is 13.8. The molecule has 1 atom stereocenters. The Bertz CT molecular complexity index is 555. The number of hydrogen-bond acceptors (Lipinski definition) is 2. The van der Waals surface area contributed by atoms with Crippen molar-refractivity contribution < 1.29 is 4.39 Å². The minimum absolute atomic E-state index is 0.255. The van der Waals surface area contributed by atoms with Gasteiger partial charge in [0.15, 0.2) is 0 Å². The smallest absolute Gasteiger partial charge is 0.127 e. The fourth-order valence-corrected chi connectivity index (χ4v) is 2.35. The highest BCUT2D eigenvalue weighted by Gasteiger charge is 2.13. The van der Waals surface area contributed by atoms with Gasteiger partial charge in [-0.1, -0.05) is 29.3 Å². The lowest BCUT2D eigenvalue weighted by Gasteiger charge is -2.14. The first-order chi connectivity index (χ1) is 9.08. The maximum absolute atomic E-state index is 13.7. The number of nitrogens with two attached hydrogens (primary N) is 1. The Labute approximate surface area is 121 Å². The summed E-state index contributed by atoms with van der Waals surface area (Å²) >= 11 is 12.0. The Balaban J connectivity index is 2.10. The largest absolute Gasteiger partial charge is 0.327 e. The number of aromatic nitrogens is 1. The van der Waals surface area contributed by atoms with Crippen LogP contribution in [-0.2, 0) is 12.8 Å². The highest BCUT2D eigenvalue weighted by Crippen LogP contribution is 2.22. The lowest BCUT2D eigenvalue weighted by atomic mass is 10.00. The summed E-state index contributed by atoms with van der Waals surface area (Å²) in [4.78, 5) is 3.91. The molecule has 1 aromatic heterocycles. The number of benzene rings is 1. The molecule has 0 aliphatic carbocycles. The average Bonchev–Trinajstić information content (AvgIpc) is 2.37. The van der Waals surface area contributed by atoms with Crippen LogP contribution in [-0.4, -0.2) is 11.0 Å². The predicted molar refractivity (Wildman–Crippen MR) is 76.0 cm³/mol. The molecule has 100 valence electrons. The molecule has 0 saturated carbocycles. The molecular weight excluding hydrogens is 286 g/mol. The predicted octanol–water partition coefficient (Wildman–Crippen LogP) is 3.64. The molecule has 0 bridgehead atoms. The molecule has 0 amide bonds. The minimum Gasteiger partial charge on any atom is -0.327 e. The SMILES string of the molecule is NC(Cc1ccncc1Cl)Cc1c(F)cccc1Cl. The van der Waals surface area contributed by atoms with E-state index in [1.807, 2.05) is 6.07 Å². The molecule has 19 heavy (non-hydrogen) atoms. The van der Waals surface area contributed by atoms with E-state index in [9.17, 15) is 4.39 Å². The molecular formula is C14H13Cl2FN2. The Morgan fingerprint density at radius 3 is 2.63 bits per heavy atom. The Morgan fingerprint density at radius 2 is 1.95 bits per heavy atom. The first-order valence-corrected chi connectivity index (χ1v) is 6.60.